The first-order chi connectivity index (χ1) is 9.82. The zero-order valence-electron chi connectivity index (χ0n) is 12.5. The molecule has 2 fully saturated rings. The zero-order valence-corrected chi connectivity index (χ0v) is 12.5. The molecule has 3 rings (SSSR count). The second-order valence-corrected chi connectivity index (χ2v) is 6.38. The van der Waals surface area contributed by atoms with Crippen LogP contribution in [0.4, 0.5) is 19.1 Å². The van der Waals surface area contributed by atoms with E-state index in [9.17, 15) is 13.2 Å². The van der Waals surface area contributed by atoms with Crippen molar-refractivity contribution in [3.8, 4) is 0 Å². The minimum atomic E-state index is -4.38. The van der Waals surface area contributed by atoms with Gasteiger partial charge in [0, 0.05) is 25.3 Å². The third-order valence-corrected chi connectivity index (χ3v) is 4.65. The molecule has 1 saturated heterocycles. The Hall–Kier alpha value is -1.24. The Labute approximate surface area is 122 Å². The summed E-state index contributed by atoms with van der Waals surface area (Å²) in [5.74, 6) is 2.34. The number of nitrogens with one attached hydrogen (secondary N) is 1. The number of alkyl halides is 3. The van der Waals surface area contributed by atoms with Crippen LogP contribution in [0.1, 0.15) is 25.6 Å². The highest BCUT2D eigenvalue weighted by Gasteiger charge is 2.55. The molecular formula is C14H21F3N4. The molecule has 21 heavy (non-hydrogen) atoms. The van der Waals surface area contributed by atoms with E-state index in [1.54, 1.807) is 4.57 Å². The van der Waals surface area contributed by atoms with Crippen LogP contribution in [-0.2, 0) is 6.18 Å². The van der Waals surface area contributed by atoms with E-state index in [1.165, 1.54) is 0 Å². The number of piperidine rings is 1. The fourth-order valence-corrected chi connectivity index (χ4v) is 3.49. The lowest BCUT2D eigenvalue weighted by Gasteiger charge is -2.23. The Morgan fingerprint density at radius 2 is 1.95 bits per heavy atom. The van der Waals surface area contributed by atoms with Crippen LogP contribution in [0.3, 0.4) is 0 Å². The molecule has 118 valence electrons. The summed E-state index contributed by atoms with van der Waals surface area (Å²) in [5.41, 5.74) is -0.793. The summed E-state index contributed by atoms with van der Waals surface area (Å²) in [7, 11) is 1.94. The number of hydrogen-bond acceptors (Lipinski definition) is 3. The zero-order chi connectivity index (χ0) is 15.4. The van der Waals surface area contributed by atoms with Crippen molar-refractivity contribution in [1.82, 2.24) is 14.9 Å². The SMILES string of the molecule is CNCC1[C@H]2CN(c3nc(C(F)(F)F)cn3C(C)C)C[C@@H]12. The smallest absolute Gasteiger partial charge is 0.342 e. The second kappa shape index (κ2) is 4.90. The van der Waals surface area contributed by atoms with Gasteiger partial charge in [0.1, 0.15) is 0 Å². The summed E-state index contributed by atoms with van der Waals surface area (Å²) in [5, 5.41) is 3.18. The first-order valence-electron chi connectivity index (χ1n) is 7.38. The average molecular weight is 302 g/mol. The molecule has 3 atom stereocenters. The second-order valence-electron chi connectivity index (χ2n) is 6.38. The quantitative estimate of drug-likeness (QED) is 0.927. The molecule has 0 amide bonds. The topological polar surface area (TPSA) is 33.1 Å². The van der Waals surface area contributed by atoms with Crippen molar-refractivity contribution in [2.24, 2.45) is 17.8 Å². The van der Waals surface area contributed by atoms with Gasteiger partial charge >= 0.3 is 6.18 Å². The maximum atomic E-state index is 12.9. The molecule has 1 unspecified atom stereocenters. The van der Waals surface area contributed by atoms with Crippen LogP contribution in [0, 0.1) is 17.8 Å². The van der Waals surface area contributed by atoms with E-state index < -0.39 is 11.9 Å². The number of aromatic nitrogens is 2. The van der Waals surface area contributed by atoms with Gasteiger partial charge in [0.2, 0.25) is 5.95 Å². The predicted molar refractivity (Wildman–Crippen MR) is 74.2 cm³/mol. The highest BCUT2D eigenvalue weighted by atomic mass is 19.4. The average Bonchev–Trinajstić information content (AvgIpc) is 2.85. The maximum Gasteiger partial charge on any atom is 0.434 e. The van der Waals surface area contributed by atoms with Gasteiger partial charge in [-0.1, -0.05) is 0 Å². The Bertz CT molecular complexity index is 511. The van der Waals surface area contributed by atoms with Crippen molar-refractivity contribution in [3.05, 3.63) is 11.9 Å². The van der Waals surface area contributed by atoms with E-state index in [0.29, 0.717) is 23.7 Å². The summed E-state index contributed by atoms with van der Waals surface area (Å²) in [4.78, 5) is 5.87. The first-order valence-corrected chi connectivity index (χ1v) is 7.38. The number of nitrogens with zero attached hydrogens (tertiary/aromatic N) is 3. The Kier molecular flexibility index (Phi) is 3.43. The van der Waals surface area contributed by atoms with Crippen LogP contribution < -0.4 is 10.2 Å². The normalized spacial score (nSPS) is 28.3. The minimum absolute atomic E-state index is 0.0337. The molecule has 0 radical (unpaired) electrons. The van der Waals surface area contributed by atoms with Crippen LogP contribution >= 0.6 is 0 Å². The van der Waals surface area contributed by atoms with Crippen LogP contribution in [0.25, 0.3) is 0 Å². The van der Waals surface area contributed by atoms with E-state index in [4.69, 9.17) is 0 Å². The van der Waals surface area contributed by atoms with Gasteiger partial charge in [-0.3, -0.25) is 0 Å². The number of imidazole rings is 1. The van der Waals surface area contributed by atoms with E-state index in [-0.39, 0.29) is 6.04 Å². The highest BCUT2D eigenvalue weighted by Crippen LogP contribution is 2.52. The van der Waals surface area contributed by atoms with Gasteiger partial charge in [0.25, 0.3) is 0 Å². The highest BCUT2D eigenvalue weighted by molar-refractivity contribution is 5.39. The third kappa shape index (κ3) is 2.52. The summed E-state index contributed by atoms with van der Waals surface area (Å²) in [6.07, 6.45) is -3.25. The Morgan fingerprint density at radius 3 is 2.43 bits per heavy atom. The minimum Gasteiger partial charge on any atom is -0.342 e. The molecule has 7 heteroatoms. The number of fused-ring (bicyclic) bond motifs is 1. The lowest BCUT2D eigenvalue weighted by molar-refractivity contribution is -0.140. The molecule has 1 aromatic heterocycles. The number of halogens is 3. The van der Waals surface area contributed by atoms with E-state index in [1.807, 2.05) is 25.8 Å². The molecule has 4 nitrogen and oxygen atoms in total. The maximum absolute atomic E-state index is 12.9. The lowest BCUT2D eigenvalue weighted by Crippen LogP contribution is -2.29. The summed E-state index contributed by atoms with van der Waals surface area (Å²) < 4.78 is 40.3. The standard InChI is InChI=1S/C14H21F3N4/c1-8(2)21-7-12(14(15,16)17)19-13(21)20-5-10-9(4-18-3)11(10)6-20/h7-11,18H,4-6H2,1-3H3/t9?,10-,11+. The monoisotopic (exact) mass is 302 g/mol. The number of anilines is 1. The van der Waals surface area contributed by atoms with E-state index >= 15 is 0 Å². The van der Waals surface area contributed by atoms with Crippen molar-refractivity contribution >= 4 is 5.95 Å². The van der Waals surface area contributed by atoms with Crippen LogP contribution in [0.2, 0.25) is 0 Å². The molecule has 1 aliphatic carbocycles. The van der Waals surface area contributed by atoms with Gasteiger partial charge in [-0.2, -0.15) is 13.2 Å². The van der Waals surface area contributed by atoms with Crippen LogP contribution in [0.5, 0.6) is 0 Å². The Balaban J connectivity index is 1.79. The molecule has 1 N–H and O–H groups in total. The molecule has 0 aromatic carbocycles. The van der Waals surface area contributed by atoms with Gasteiger partial charge in [-0.15, -0.1) is 0 Å². The predicted octanol–water partition coefficient (Wildman–Crippen LogP) is 2.38. The largest absolute Gasteiger partial charge is 0.434 e. The Morgan fingerprint density at radius 1 is 1.33 bits per heavy atom. The molecule has 0 bridgehead atoms. The van der Waals surface area contributed by atoms with E-state index in [2.05, 4.69) is 10.3 Å². The van der Waals surface area contributed by atoms with Crippen molar-refractivity contribution in [3.63, 3.8) is 0 Å². The summed E-state index contributed by atoms with van der Waals surface area (Å²) >= 11 is 0. The molecule has 1 saturated carbocycles. The fraction of sp³-hybridized carbons (Fsp3) is 0.786. The van der Waals surface area contributed by atoms with Crippen molar-refractivity contribution < 1.29 is 13.2 Å². The molecule has 1 aliphatic heterocycles. The number of hydrogen-bond donors (Lipinski definition) is 1. The van der Waals surface area contributed by atoms with Gasteiger partial charge in [0.15, 0.2) is 5.69 Å². The number of rotatable bonds is 4. The molecule has 2 aliphatic rings. The van der Waals surface area contributed by atoms with E-state index in [0.717, 1.165) is 25.8 Å². The van der Waals surface area contributed by atoms with Gasteiger partial charge in [-0.05, 0) is 45.2 Å². The molecule has 1 aromatic rings. The molecular weight excluding hydrogens is 281 g/mol. The van der Waals surface area contributed by atoms with Gasteiger partial charge in [-0.25, -0.2) is 4.98 Å². The van der Waals surface area contributed by atoms with Crippen LogP contribution in [-0.4, -0.2) is 36.2 Å². The van der Waals surface area contributed by atoms with Gasteiger partial charge < -0.3 is 14.8 Å². The molecule has 2 heterocycles. The summed E-state index contributed by atoms with van der Waals surface area (Å²) in [6.45, 7) is 6.39. The fourth-order valence-electron chi connectivity index (χ4n) is 3.49. The third-order valence-electron chi connectivity index (χ3n) is 4.65. The lowest BCUT2D eigenvalue weighted by atomic mass is 10.2. The van der Waals surface area contributed by atoms with Crippen molar-refractivity contribution in [1.29, 1.82) is 0 Å². The van der Waals surface area contributed by atoms with Gasteiger partial charge in [0.05, 0.1) is 0 Å². The van der Waals surface area contributed by atoms with Crippen molar-refractivity contribution in [2.45, 2.75) is 26.1 Å². The van der Waals surface area contributed by atoms with Crippen LogP contribution in [0.15, 0.2) is 6.20 Å². The molecule has 0 spiro atoms. The summed E-state index contributed by atoms with van der Waals surface area (Å²) in [6, 6.07) is -0.0337. The van der Waals surface area contributed by atoms with Crippen molar-refractivity contribution in [2.75, 3.05) is 31.6 Å². The first kappa shape index (κ1) is 14.7.